The first-order valence-electron chi connectivity index (χ1n) is 6.79. The third kappa shape index (κ3) is 1.63. The summed E-state index contributed by atoms with van der Waals surface area (Å²) in [4.78, 5) is 2.67. The molecule has 2 fully saturated rings. The summed E-state index contributed by atoms with van der Waals surface area (Å²) in [6.07, 6.45) is 4.20. The van der Waals surface area contributed by atoms with Crippen LogP contribution in [0.3, 0.4) is 0 Å². The molecule has 88 valence electrons. The van der Waals surface area contributed by atoms with Gasteiger partial charge < -0.3 is 0 Å². The average molecular weight is 209 g/mol. The Kier molecular flexibility index (Phi) is 3.12. The minimum Gasteiger partial charge on any atom is -0.299 e. The first-order chi connectivity index (χ1) is 7.07. The molecule has 1 heterocycles. The van der Waals surface area contributed by atoms with Gasteiger partial charge in [-0.1, -0.05) is 34.1 Å². The van der Waals surface area contributed by atoms with Crippen LogP contribution < -0.4 is 0 Å². The number of fused-ring (bicyclic) bond motifs is 1. The van der Waals surface area contributed by atoms with Gasteiger partial charge in [-0.3, -0.25) is 4.90 Å². The molecule has 1 aliphatic carbocycles. The van der Waals surface area contributed by atoms with E-state index in [-0.39, 0.29) is 0 Å². The Bertz CT molecular complexity index is 223. The summed E-state index contributed by atoms with van der Waals surface area (Å²) in [6.45, 7) is 9.53. The lowest BCUT2D eigenvalue weighted by molar-refractivity contribution is -0.197. The third-order valence-electron chi connectivity index (χ3n) is 4.88. The molecule has 5 atom stereocenters. The number of likely N-dealkylation sites (tertiary alicyclic amines) is 1. The minimum absolute atomic E-state index is 0.872. The van der Waals surface area contributed by atoms with E-state index in [1.54, 1.807) is 0 Å². The fraction of sp³-hybridized carbons (Fsp3) is 1.00. The van der Waals surface area contributed by atoms with Gasteiger partial charge in [0.2, 0.25) is 0 Å². The van der Waals surface area contributed by atoms with Crippen LogP contribution in [-0.4, -0.2) is 24.0 Å². The van der Waals surface area contributed by atoms with E-state index in [4.69, 9.17) is 0 Å². The topological polar surface area (TPSA) is 3.24 Å². The van der Waals surface area contributed by atoms with Crippen LogP contribution in [0.25, 0.3) is 0 Å². The van der Waals surface area contributed by atoms with E-state index in [1.165, 1.54) is 19.3 Å². The van der Waals surface area contributed by atoms with Gasteiger partial charge in [0, 0.05) is 12.1 Å². The van der Waals surface area contributed by atoms with Crippen molar-refractivity contribution in [2.45, 2.75) is 59.0 Å². The van der Waals surface area contributed by atoms with Crippen molar-refractivity contribution < 1.29 is 0 Å². The first kappa shape index (κ1) is 11.4. The molecule has 5 unspecified atom stereocenters. The molecule has 1 saturated heterocycles. The highest BCUT2D eigenvalue weighted by atomic mass is 15.3. The minimum atomic E-state index is 0.872. The second-order valence-corrected chi connectivity index (χ2v) is 6.24. The van der Waals surface area contributed by atoms with Crippen molar-refractivity contribution in [2.24, 2.45) is 23.7 Å². The van der Waals surface area contributed by atoms with Crippen LogP contribution >= 0.6 is 0 Å². The zero-order valence-corrected chi connectivity index (χ0v) is 11.0. The van der Waals surface area contributed by atoms with Crippen LogP contribution in [0.5, 0.6) is 0 Å². The maximum Gasteiger partial charge on any atom is 0.0172 e. The van der Waals surface area contributed by atoms with Crippen molar-refractivity contribution >= 4 is 0 Å². The van der Waals surface area contributed by atoms with Crippen molar-refractivity contribution in [3.8, 4) is 0 Å². The average Bonchev–Trinajstić information content (AvgIpc) is 2.18. The quantitative estimate of drug-likeness (QED) is 0.686. The Hall–Kier alpha value is -0.0400. The Labute approximate surface area is 95.2 Å². The Morgan fingerprint density at radius 3 is 2.47 bits per heavy atom. The van der Waals surface area contributed by atoms with Crippen LogP contribution in [0.1, 0.15) is 47.0 Å². The number of hydrogen-bond donors (Lipinski definition) is 0. The highest BCUT2D eigenvalue weighted by Gasteiger charge is 2.61. The van der Waals surface area contributed by atoms with Gasteiger partial charge >= 0.3 is 0 Å². The maximum absolute atomic E-state index is 2.67. The third-order valence-corrected chi connectivity index (χ3v) is 4.88. The van der Waals surface area contributed by atoms with E-state index in [2.05, 4.69) is 39.6 Å². The molecule has 1 heteroatoms. The molecular weight excluding hydrogens is 182 g/mol. The standard InChI is InChI=1S/C14H27N/c1-6-7-12-13-10(4)11(8-9(2)3)14(13)15(12)5/h9-14H,6-8H2,1-5H3. The number of rotatable bonds is 4. The number of hydrogen-bond acceptors (Lipinski definition) is 1. The molecule has 15 heavy (non-hydrogen) atoms. The van der Waals surface area contributed by atoms with Crippen molar-refractivity contribution in [3.63, 3.8) is 0 Å². The summed E-state index contributed by atoms with van der Waals surface area (Å²) in [6, 6.07) is 1.86. The molecule has 0 spiro atoms. The SMILES string of the molecule is CCCC1C2C(C)C(CC(C)C)C2N1C. The fourth-order valence-corrected chi connectivity index (χ4v) is 4.18. The van der Waals surface area contributed by atoms with Gasteiger partial charge in [0.1, 0.15) is 0 Å². The molecule has 2 aliphatic rings. The molecule has 0 aromatic carbocycles. The lowest BCUT2D eigenvalue weighted by atomic mass is 9.50. The molecule has 1 aliphatic heterocycles. The summed E-state index contributed by atoms with van der Waals surface area (Å²) < 4.78 is 0. The summed E-state index contributed by atoms with van der Waals surface area (Å²) in [5, 5.41) is 0. The van der Waals surface area contributed by atoms with Gasteiger partial charge in [0.15, 0.2) is 0 Å². The van der Waals surface area contributed by atoms with Gasteiger partial charge in [-0.25, -0.2) is 0 Å². The highest BCUT2D eigenvalue weighted by Crippen LogP contribution is 2.57. The van der Waals surface area contributed by atoms with E-state index in [9.17, 15) is 0 Å². The molecule has 2 rings (SSSR count). The number of piperidine rings is 1. The molecule has 1 saturated carbocycles. The summed E-state index contributed by atoms with van der Waals surface area (Å²) >= 11 is 0. The second kappa shape index (κ2) is 4.08. The van der Waals surface area contributed by atoms with Crippen LogP contribution in [-0.2, 0) is 0 Å². The molecule has 0 N–H and O–H groups in total. The van der Waals surface area contributed by atoms with Crippen LogP contribution in [0, 0.1) is 23.7 Å². The lowest BCUT2D eigenvalue weighted by Crippen LogP contribution is -2.75. The zero-order chi connectivity index (χ0) is 11.2. The van der Waals surface area contributed by atoms with Crippen molar-refractivity contribution in [1.82, 2.24) is 4.90 Å². The van der Waals surface area contributed by atoms with E-state index < -0.39 is 0 Å². The second-order valence-electron chi connectivity index (χ2n) is 6.24. The van der Waals surface area contributed by atoms with Crippen molar-refractivity contribution in [2.75, 3.05) is 7.05 Å². The molecule has 0 radical (unpaired) electrons. The highest BCUT2D eigenvalue weighted by molar-refractivity contribution is 5.13. The predicted octanol–water partition coefficient (Wildman–Crippen LogP) is 3.40. The molecule has 0 aromatic heterocycles. The zero-order valence-electron chi connectivity index (χ0n) is 11.0. The van der Waals surface area contributed by atoms with Gasteiger partial charge in [-0.15, -0.1) is 0 Å². The van der Waals surface area contributed by atoms with E-state index in [1.807, 2.05) is 0 Å². The Morgan fingerprint density at radius 2 is 1.93 bits per heavy atom. The van der Waals surface area contributed by atoms with Gasteiger partial charge in [0.25, 0.3) is 0 Å². The molecule has 0 amide bonds. The molecule has 0 bridgehead atoms. The largest absolute Gasteiger partial charge is 0.299 e. The van der Waals surface area contributed by atoms with E-state index in [0.717, 1.165) is 35.8 Å². The Balaban J connectivity index is 1.91. The predicted molar refractivity (Wildman–Crippen MR) is 65.8 cm³/mol. The van der Waals surface area contributed by atoms with Gasteiger partial charge in [-0.05, 0) is 43.6 Å². The maximum atomic E-state index is 2.67. The van der Waals surface area contributed by atoms with Crippen molar-refractivity contribution in [3.05, 3.63) is 0 Å². The lowest BCUT2D eigenvalue weighted by Gasteiger charge is -2.69. The van der Waals surface area contributed by atoms with Crippen LogP contribution in [0.4, 0.5) is 0 Å². The summed E-state index contributed by atoms with van der Waals surface area (Å²) in [7, 11) is 2.35. The normalized spacial score (nSPS) is 44.8. The number of nitrogens with zero attached hydrogens (tertiary/aromatic N) is 1. The van der Waals surface area contributed by atoms with E-state index >= 15 is 0 Å². The molecule has 1 nitrogen and oxygen atoms in total. The summed E-state index contributed by atoms with van der Waals surface area (Å²) in [5.74, 6) is 3.90. The van der Waals surface area contributed by atoms with E-state index in [0.29, 0.717) is 0 Å². The monoisotopic (exact) mass is 209 g/mol. The smallest absolute Gasteiger partial charge is 0.0172 e. The molecule has 0 aromatic rings. The summed E-state index contributed by atoms with van der Waals surface area (Å²) in [5.41, 5.74) is 0. The fourth-order valence-electron chi connectivity index (χ4n) is 4.18. The van der Waals surface area contributed by atoms with Gasteiger partial charge in [0.05, 0.1) is 0 Å². The Morgan fingerprint density at radius 1 is 1.27 bits per heavy atom. The van der Waals surface area contributed by atoms with Crippen LogP contribution in [0.2, 0.25) is 0 Å². The molecular formula is C14H27N. The van der Waals surface area contributed by atoms with Gasteiger partial charge in [-0.2, -0.15) is 0 Å². The van der Waals surface area contributed by atoms with Crippen LogP contribution in [0.15, 0.2) is 0 Å². The van der Waals surface area contributed by atoms with Crippen molar-refractivity contribution in [1.29, 1.82) is 0 Å². The first-order valence-corrected chi connectivity index (χ1v) is 6.79.